The van der Waals surface area contributed by atoms with Gasteiger partial charge in [0.15, 0.2) is 11.6 Å². The first-order valence-corrected chi connectivity index (χ1v) is 17.4. The number of aromatic nitrogens is 6. The Hall–Kier alpha value is -5.24. The Morgan fingerprint density at radius 3 is 1.57 bits per heavy atom. The summed E-state index contributed by atoms with van der Waals surface area (Å²) in [6.07, 6.45) is 4.23. The molecule has 12 nitrogen and oxygen atoms in total. The van der Waals surface area contributed by atoms with E-state index < -0.39 is 0 Å². The molecule has 4 heterocycles. The minimum atomic E-state index is 0. The number of nitrogens with zero attached hydrogens (tertiary/aromatic N) is 8. The van der Waals surface area contributed by atoms with E-state index in [0.29, 0.717) is 75.6 Å². The SMILES string of the molecule is C(=Cc1cccc(-c2nnnc(Nc3ccccc3)c2N2CCOCC2)c1-c1nnnc(Nc2ccccc2)c1N1CCOCC1)c1ccccc1.[H-].[Na+]. The maximum absolute atomic E-state index is 5.80. The van der Waals surface area contributed by atoms with Crippen LogP contribution >= 0.6 is 0 Å². The van der Waals surface area contributed by atoms with Crippen LogP contribution in [0.1, 0.15) is 12.6 Å². The number of ether oxygens (including phenoxy) is 2. The van der Waals surface area contributed by atoms with Gasteiger partial charge in [-0.1, -0.05) is 97.1 Å². The molecule has 2 aliphatic heterocycles. The summed E-state index contributed by atoms with van der Waals surface area (Å²) in [5.41, 5.74) is 8.50. The number of hydrogen-bond donors (Lipinski definition) is 2. The quantitative estimate of drug-likeness (QED) is 0.158. The molecule has 0 atom stereocenters. The first-order chi connectivity index (χ1) is 25.8. The van der Waals surface area contributed by atoms with Gasteiger partial charge in [0.25, 0.3) is 0 Å². The molecule has 8 rings (SSSR count). The predicted octanol–water partition coefficient (Wildman–Crippen LogP) is 3.84. The van der Waals surface area contributed by atoms with Gasteiger partial charge in [-0.15, -0.1) is 20.4 Å². The topological polar surface area (TPSA) is 126 Å². The van der Waals surface area contributed by atoms with Gasteiger partial charge in [0.1, 0.15) is 22.8 Å². The summed E-state index contributed by atoms with van der Waals surface area (Å²) in [5, 5.41) is 34.5. The summed E-state index contributed by atoms with van der Waals surface area (Å²) in [4.78, 5) is 4.54. The fourth-order valence-corrected chi connectivity index (χ4v) is 6.57. The molecule has 0 spiro atoms. The van der Waals surface area contributed by atoms with Crippen LogP contribution in [0, 0.1) is 0 Å². The Morgan fingerprint density at radius 1 is 0.528 bits per heavy atom. The standard InChI is InChI=1S/C40H38N10O2.Na.H/c1-4-11-29(12-5-1)19-20-30-13-10-18-33(35-37(49-21-25-51-26-22-49)39(45-47-43-35)41-31-14-6-2-7-15-31)34(30)36-38(50-23-27-52-28-24-50)40(46-48-44-36)42-32-16-8-3-9-17-32;;/h1-20H,21-28H2,(H,41,43,45)(H,42,44,46);;/q;+1;-1. The molecule has 0 bridgehead atoms. The number of rotatable bonds is 10. The fraction of sp³-hybridized carbons (Fsp3) is 0.200. The van der Waals surface area contributed by atoms with Crippen LogP contribution in [0.3, 0.4) is 0 Å². The van der Waals surface area contributed by atoms with Crippen molar-refractivity contribution in [3.63, 3.8) is 0 Å². The minimum Gasteiger partial charge on any atom is -1.00 e. The number of nitrogens with one attached hydrogen (secondary N) is 2. The summed E-state index contributed by atoms with van der Waals surface area (Å²) in [5.74, 6) is 1.21. The number of para-hydroxylation sites is 2. The van der Waals surface area contributed by atoms with E-state index in [4.69, 9.17) is 19.7 Å². The van der Waals surface area contributed by atoms with Crippen LogP contribution in [0.15, 0.2) is 109 Å². The summed E-state index contributed by atoms with van der Waals surface area (Å²) in [7, 11) is 0. The molecule has 262 valence electrons. The number of hydrogen-bond acceptors (Lipinski definition) is 12. The molecule has 6 aromatic rings. The molecule has 0 radical (unpaired) electrons. The Bertz CT molecular complexity index is 2140. The summed E-state index contributed by atoms with van der Waals surface area (Å²) >= 11 is 0. The van der Waals surface area contributed by atoms with Crippen molar-refractivity contribution in [2.24, 2.45) is 0 Å². The van der Waals surface area contributed by atoms with E-state index in [0.717, 1.165) is 45.0 Å². The summed E-state index contributed by atoms with van der Waals surface area (Å²) in [6, 6.07) is 36.4. The smallest absolute Gasteiger partial charge is 1.00 e. The van der Waals surface area contributed by atoms with Crippen LogP contribution in [0.25, 0.3) is 34.7 Å². The van der Waals surface area contributed by atoms with Crippen molar-refractivity contribution in [3.8, 4) is 22.5 Å². The van der Waals surface area contributed by atoms with E-state index >= 15 is 0 Å². The molecule has 2 saturated heterocycles. The van der Waals surface area contributed by atoms with Gasteiger partial charge in [-0.3, -0.25) is 0 Å². The van der Waals surface area contributed by atoms with Crippen molar-refractivity contribution >= 4 is 46.5 Å². The number of benzene rings is 4. The number of morpholine rings is 2. The second-order valence-electron chi connectivity index (χ2n) is 12.4. The average molecular weight is 715 g/mol. The van der Waals surface area contributed by atoms with Gasteiger partial charge in [0.05, 0.1) is 26.4 Å². The van der Waals surface area contributed by atoms with Crippen molar-refractivity contribution in [1.82, 2.24) is 30.8 Å². The largest absolute Gasteiger partial charge is 1.00 e. The zero-order valence-corrected chi connectivity index (χ0v) is 31.6. The van der Waals surface area contributed by atoms with E-state index in [9.17, 15) is 0 Å². The van der Waals surface area contributed by atoms with Gasteiger partial charge in [0, 0.05) is 48.7 Å². The average Bonchev–Trinajstić information content (AvgIpc) is 3.21. The van der Waals surface area contributed by atoms with Crippen LogP contribution < -0.4 is 50.0 Å². The Labute approximate surface area is 332 Å². The van der Waals surface area contributed by atoms with Gasteiger partial charge in [-0.2, -0.15) is 0 Å². The van der Waals surface area contributed by atoms with Gasteiger partial charge >= 0.3 is 29.6 Å². The monoisotopic (exact) mass is 714 g/mol. The summed E-state index contributed by atoms with van der Waals surface area (Å²) < 4.78 is 11.6. The number of anilines is 6. The third-order valence-corrected chi connectivity index (χ3v) is 9.05. The van der Waals surface area contributed by atoms with Crippen molar-refractivity contribution in [2.75, 3.05) is 73.0 Å². The zero-order chi connectivity index (χ0) is 35.0. The van der Waals surface area contributed by atoms with Crippen molar-refractivity contribution in [3.05, 3.63) is 120 Å². The third-order valence-electron chi connectivity index (χ3n) is 9.05. The molecule has 0 aliphatic carbocycles. The van der Waals surface area contributed by atoms with E-state index in [1.54, 1.807) is 0 Å². The molecule has 13 heteroatoms. The van der Waals surface area contributed by atoms with Gasteiger partial charge < -0.3 is 31.3 Å². The van der Waals surface area contributed by atoms with Crippen molar-refractivity contribution in [1.29, 1.82) is 0 Å². The molecule has 2 aliphatic rings. The molecule has 4 aromatic carbocycles. The predicted molar refractivity (Wildman–Crippen MR) is 206 cm³/mol. The van der Waals surface area contributed by atoms with Crippen LogP contribution in [0.2, 0.25) is 0 Å². The third kappa shape index (κ3) is 8.38. The van der Waals surface area contributed by atoms with Crippen LogP contribution in [0.4, 0.5) is 34.4 Å². The van der Waals surface area contributed by atoms with Gasteiger partial charge in [-0.05, 0) is 45.8 Å². The van der Waals surface area contributed by atoms with Crippen LogP contribution in [0.5, 0.6) is 0 Å². The first-order valence-electron chi connectivity index (χ1n) is 17.4. The van der Waals surface area contributed by atoms with Crippen molar-refractivity contribution in [2.45, 2.75) is 0 Å². The van der Waals surface area contributed by atoms with Crippen LogP contribution in [-0.2, 0) is 9.47 Å². The molecule has 2 N–H and O–H groups in total. The minimum absolute atomic E-state index is 0. The molecular weight excluding hydrogens is 675 g/mol. The Balaban J connectivity index is 0.00000249. The van der Waals surface area contributed by atoms with Gasteiger partial charge in [-0.25, -0.2) is 0 Å². The second-order valence-corrected chi connectivity index (χ2v) is 12.4. The maximum Gasteiger partial charge on any atom is 1.00 e. The van der Waals surface area contributed by atoms with Crippen molar-refractivity contribution < 1.29 is 40.5 Å². The molecule has 2 fully saturated rings. The molecule has 0 saturated carbocycles. The maximum atomic E-state index is 5.80. The molecule has 53 heavy (non-hydrogen) atoms. The normalized spacial score (nSPS) is 14.5. The summed E-state index contributed by atoms with van der Waals surface area (Å²) in [6.45, 7) is 5.02. The van der Waals surface area contributed by atoms with Gasteiger partial charge in [0.2, 0.25) is 0 Å². The van der Waals surface area contributed by atoms with Crippen LogP contribution in [-0.4, -0.2) is 83.4 Å². The second kappa shape index (κ2) is 17.5. The van der Waals surface area contributed by atoms with E-state index in [1.165, 1.54) is 0 Å². The van der Waals surface area contributed by atoms with E-state index in [-0.39, 0.29) is 31.0 Å². The fourth-order valence-electron chi connectivity index (χ4n) is 6.57. The molecule has 0 amide bonds. The Kier molecular flexibility index (Phi) is 11.9. The van der Waals surface area contributed by atoms with E-state index in [1.807, 2.05) is 84.9 Å². The first kappa shape index (κ1) is 36.1. The molecular formula is C40H39N10NaO2. The molecule has 2 aromatic heterocycles. The zero-order valence-electron chi connectivity index (χ0n) is 30.6. The Morgan fingerprint density at radius 2 is 1.02 bits per heavy atom. The van der Waals surface area contributed by atoms with E-state index in [2.05, 4.69) is 77.5 Å². The molecule has 0 unspecified atom stereocenters.